The molecule has 0 bridgehead atoms. The van der Waals surface area contributed by atoms with Gasteiger partial charge in [-0.1, -0.05) is 37.3 Å². The molecule has 0 unspecified atom stereocenters. The number of halogens is 1. The molecule has 1 aromatic heterocycles. The average Bonchev–Trinajstić information content (AvgIpc) is 3.21. The Balaban J connectivity index is 0.00000280. The van der Waals surface area contributed by atoms with E-state index in [2.05, 4.69) is 68.7 Å². The summed E-state index contributed by atoms with van der Waals surface area (Å²) in [5, 5.41) is 4.50. The number of nitrogens with one attached hydrogen (secondary N) is 1. The van der Waals surface area contributed by atoms with Crippen molar-refractivity contribution in [3.63, 3.8) is 0 Å². The fraction of sp³-hybridized carbons (Fsp3) is 0.550. The van der Waals surface area contributed by atoms with Gasteiger partial charge in [0.25, 0.3) is 0 Å². The second kappa shape index (κ2) is 12.2. The summed E-state index contributed by atoms with van der Waals surface area (Å²) in [6.45, 7) is 9.84. The van der Waals surface area contributed by atoms with Crippen molar-refractivity contribution in [3.05, 3.63) is 41.7 Å². The first-order valence-corrected chi connectivity index (χ1v) is 10.7. The molecule has 3 rings (SSSR count). The van der Waals surface area contributed by atoms with Gasteiger partial charge < -0.3 is 15.1 Å². The molecule has 154 valence electrons. The van der Waals surface area contributed by atoms with Crippen LogP contribution >= 0.6 is 35.5 Å². The van der Waals surface area contributed by atoms with Gasteiger partial charge in [0.15, 0.2) is 5.96 Å². The lowest BCUT2D eigenvalue weighted by atomic mass is 10.1. The van der Waals surface area contributed by atoms with Crippen molar-refractivity contribution < 1.29 is 0 Å². The van der Waals surface area contributed by atoms with Gasteiger partial charge in [-0.25, -0.2) is 4.98 Å². The third-order valence-corrected chi connectivity index (χ3v) is 5.50. The highest BCUT2D eigenvalue weighted by Crippen LogP contribution is 2.19. The molecule has 1 aliphatic rings. The normalized spacial score (nSPS) is 14.7. The van der Waals surface area contributed by atoms with E-state index in [1.165, 1.54) is 17.1 Å². The zero-order valence-electron chi connectivity index (χ0n) is 16.8. The predicted molar refractivity (Wildman–Crippen MR) is 129 cm³/mol. The fourth-order valence-electron chi connectivity index (χ4n) is 3.16. The number of rotatable bonds is 7. The Bertz CT molecular complexity index is 712. The van der Waals surface area contributed by atoms with E-state index in [0.29, 0.717) is 0 Å². The van der Waals surface area contributed by atoms with Crippen LogP contribution in [0.25, 0.3) is 0 Å². The number of anilines is 1. The molecule has 1 aliphatic heterocycles. The molecule has 8 heteroatoms. The monoisotopic (exact) mass is 514 g/mol. The number of piperazine rings is 1. The maximum atomic E-state index is 4.85. The summed E-state index contributed by atoms with van der Waals surface area (Å²) in [6, 6.07) is 10.6. The van der Waals surface area contributed by atoms with Crippen LogP contribution in [-0.2, 0) is 12.8 Å². The minimum Gasteiger partial charge on any atom is -0.357 e. The average molecular weight is 514 g/mol. The Hall–Kier alpha value is -1.42. The van der Waals surface area contributed by atoms with E-state index in [1.807, 2.05) is 0 Å². The van der Waals surface area contributed by atoms with Gasteiger partial charge in [0.05, 0.1) is 0 Å². The molecular formula is C20H31IN6S. The number of benzene rings is 1. The third-order valence-electron chi connectivity index (χ3n) is 4.69. The molecule has 1 saturated heterocycles. The lowest BCUT2D eigenvalue weighted by Gasteiger charge is -2.36. The van der Waals surface area contributed by atoms with Crippen LogP contribution in [0.5, 0.6) is 0 Å². The largest absolute Gasteiger partial charge is 0.357 e. The Morgan fingerprint density at radius 3 is 2.54 bits per heavy atom. The molecule has 0 atom stereocenters. The summed E-state index contributed by atoms with van der Waals surface area (Å²) in [6.07, 6.45) is 3.05. The summed E-state index contributed by atoms with van der Waals surface area (Å²) < 4.78 is 4.41. The van der Waals surface area contributed by atoms with Crippen LogP contribution in [0.4, 0.5) is 5.13 Å². The Morgan fingerprint density at radius 1 is 1.14 bits per heavy atom. The second-order valence-corrected chi connectivity index (χ2v) is 7.38. The van der Waals surface area contributed by atoms with E-state index < -0.39 is 0 Å². The minimum absolute atomic E-state index is 0. The van der Waals surface area contributed by atoms with E-state index in [4.69, 9.17) is 4.99 Å². The van der Waals surface area contributed by atoms with E-state index in [1.54, 1.807) is 0 Å². The van der Waals surface area contributed by atoms with Crippen LogP contribution in [0.1, 0.15) is 31.7 Å². The van der Waals surface area contributed by atoms with E-state index >= 15 is 0 Å². The summed E-state index contributed by atoms with van der Waals surface area (Å²) in [4.78, 5) is 14.2. The lowest BCUT2D eigenvalue weighted by Crippen LogP contribution is -2.52. The van der Waals surface area contributed by atoms with Crippen LogP contribution in [-0.4, -0.2) is 59.5 Å². The Labute approximate surface area is 189 Å². The van der Waals surface area contributed by atoms with Crippen LogP contribution in [0, 0.1) is 0 Å². The first-order chi connectivity index (χ1) is 13.3. The highest BCUT2D eigenvalue weighted by Gasteiger charge is 2.21. The molecule has 2 heterocycles. The fourth-order valence-corrected chi connectivity index (χ4v) is 3.97. The number of aliphatic imine (C=N–C) groups is 1. The van der Waals surface area contributed by atoms with Crippen molar-refractivity contribution >= 4 is 46.6 Å². The first-order valence-electron chi connectivity index (χ1n) is 9.95. The minimum atomic E-state index is 0. The van der Waals surface area contributed by atoms with Gasteiger partial charge in [-0.2, -0.15) is 4.37 Å². The topological polar surface area (TPSA) is 56.7 Å². The third kappa shape index (κ3) is 6.58. The van der Waals surface area contributed by atoms with Crippen LogP contribution in [0.3, 0.4) is 0 Å². The maximum absolute atomic E-state index is 4.85. The quantitative estimate of drug-likeness (QED) is 0.266. The summed E-state index contributed by atoms with van der Waals surface area (Å²) in [7, 11) is 0. The lowest BCUT2D eigenvalue weighted by molar-refractivity contribution is 0.372. The number of aryl methyl sites for hydroxylation is 2. The highest BCUT2D eigenvalue weighted by atomic mass is 127. The summed E-state index contributed by atoms with van der Waals surface area (Å²) in [5.41, 5.74) is 1.38. The number of hydrogen-bond acceptors (Lipinski definition) is 5. The zero-order chi connectivity index (χ0) is 18.9. The summed E-state index contributed by atoms with van der Waals surface area (Å²) >= 11 is 1.52. The molecule has 2 aromatic rings. The molecule has 6 nitrogen and oxygen atoms in total. The molecule has 28 heavy (non-hydrogen) atoms. The molecule has 1 aromatic carbocycles. The van der Waals surface area contributed by atoms with Crippen molar-refractivity contribution in [3.8, 4) is 0 Å². The van der Waals surface area contributed by atoms with Gasteiger partial charge in [-0.3, -0.25) is 4.99 Å². The van der Waals surface area contributed by atoms with Gasteiger partial charge in [0.1, 0.15) is 5.82 Å². The van der Waals surface area contributed by atoms with Crippen molar-refractivity contribution in [2.75, 3.05) is 44.2 Å². The molecule has 0 spiro atoms. The molecule has 0 saturated carbocycles. The molecule has 0 amide bonds. The predicted octanol–water partition coefficient (Wildman–Crippen LogP) is 3.44. The molecule has 0 radical (unpaired) electrons. The number of nitrogens with zero attached hydrogens (tertiary/aromatic N) is 5. The van der Waals surface area contributed by atoms with Crippen molar-refractivity contribution in [1.82, 2.24) is 19.6 Å². The van der Waals surface area contributed by atoms with Crippen LogP contribution < -0.4 is 10.2 Å². The Morgan fingerprint density at radius 2 is 1.89 bits per heavy atom. The molecule has 1 fully saturated rings. The van der Waals surface area contributed by atoms with Crippen LogP contribution in [0.15, 0.2) is 35.3 Å². The van der Waals surface area contributed by atoms with Gasteiger partial charge in [-0.15, -0.1) is 24.0 Å². The van der Waals surface area contributed by atoms with Crippen molar-refractivity contribution in [2.45, 2.75) is 33.1 Å². The number of aromatic nitrogens is 2. The zero-order valence-corrected chi connectivity index (χ0v) is 20.0. The maximum Gasteiger partial charge on any atom is 0.205 e. The Kier molecular flexibility index (Phi) is 9.97. The molecule has 0 aliphatic carbocycles. The first kappa shape index (κ1) is 22.9. The second-order valence-electron chi connectivity index (χ2n) is 6.65. The highest BCUT2D eigenvalue weighted by molar-refractivity contribution is 14.0. The van der Waals surface area contributed by atoms with Crippen molar-refractivity contribution in [1.29, 1.82) is 0 Å². The number of hydrogen-bond donors (Lipinski definition) is 1. The summed E-state index contributed by atoms with van der Waals surface area (Å²) in [5.74, 6) is 1.99. The smallest absolute Gasteiger partial charge is 0.205 e. The van der Waals surface area contributed by atoms with Crippen molar-refractivity contribution in [2.24, 2.45) is 4.99 Å². The van der Waals surface area contributed by atoms with E-state index in [0.717, 1.165) is 75.4 Å². The van der Waals surface area contributed by atoms with Gasteiger partial charge >= 0.3 is 0 Å². The number of guanidine groups is 1. The SMILES string of the molecule is CCNC(=NCCCc1ccccc1)N1CCN(c2nc(CC)ns2)CC1.I. The van der Waals surface area contributed by atoms with E-state index in [9.17, 15) is 0 Å². The van der Waals surface area contributed by atoms with Crippen LogP contribution in [0.2, 0.25) is 0 Å². The van der Waals surface area contributed by atoms with Gasteiger partial charge in [-0.05, 0) is 25.3 Å². The van der Waals surface area contributed by atoms with Gasteiger partial charge in [0.2, 0.25) is 5.13 Å². The molecule has 1 N–H and O–H groups in total. The standard InChI is InChI=1S/C20H30N6S.HI/c1-3-18-23-20(27-24-18)26-15-13-25(14-16-26)19(21-4-2)22-12-8-11-17-9-6-5-7-10-17;/h5-7,9-10H,3-4,8,11-16H2,1-2H3,(H,21,22);1H. The van der Waals surface area contributed by atoms with E-state index in [-0.39, 0.29) is 24.0 Å². The molecular weight excluding hydrogens is 483 g/mol. The van der Waals surface area contributed by atoms with Gasteiger partial charge in [0, 0.05) is 57.2 Å².